The van der Waals surface area contributed by atoms with Crippen molar-refractivity contribution in [2.45, 2.75) is 32.2 Å². The molecule has 1 fully saturated rings. The smallest absolute Gasteiger partial charge is 0.254 e. The van der Waals surface area contributed by atoms with Gasteiger partial charge in [0.2, 0.25) is 0 Å². The van der Waals surface area contributed by atoms with Crippen LogP contribution in [0.5, 0.6) is 0 Å². The highest BCUT2D eigenvalue weighted by molar-refractivity contribution is 6.07. The van der Waals surface area contributed by atoms with Crippen molar-refractivity contribution in [2.24, 2.45) is 0 Å². The number of benzene rings is 1. The van der Waals surface area contributed by atoms with Crippen LogP contribution in [0.15, 0.2) is 54.7 Å². The molecule has 1 amide bonds. The quantitative estimate of drug-likeness (QED) is 0.703. The molecule has 0 bridgehead atoms. The van der Waals surface area contributed by atoms with E-state index in [1.165, 1.54) is 6.42 Å². The molecule has 2 aromatic heterocycles. The molecule has 0 radical (unpaired) electrons. The Morgan fingerprint density at radius 1 is 1.08 bits per heavy atom. The van der Waals surface area contributed by atoms with Gasteiger partial charge in [0, 0.05) is 24.2 Å². The lowest BCUT2D eigenvalue weighted by Crippen LogP contribution is -2.42. The van der Waals surface area contributed by atoms with Gasteiger partial charge in [0.25, 0.3) is 5.91 Å². The minimum Gasteiger partial charge on any atom is -0.336 e. The first-order valence-corrected chi connectivity index (χ1v) is 8.86. The normalized spacial score (nSPS) is 17.6. The first kappa shape index (κ1) is 15.8. The fourth-order valence-corrected chi connectivity index (χ4v) is 3.55. The van der Waals surface area contributed by atoms with Gasteiger partial charge < -0.3 is 4.90 Å². The van der Waals surface area contributed by atoms with E-state index in [0.717, 1.165) is 47.2 Å². The van der Waals surface area contributed by atoms with Crippen molar-refractivity contribution in [3.63, 3.8) is 0 Å². The van der Waals surface area contributed by atoms with Gasteiger partial charge in [-0.05, 0) is 50.5 Å². The molecule has 0 N–H and O–H groups in total. The number of nitrogens with zero attached hydrogens (tertiary/aromatic N) is 3. The van der Waals surface area contributed by atoms with E-state index in [1.807, 2.05) is 53.4 Å². The van der Waals surface area contributed by atoms with Crippen molar-refractivity contribution < 1.29 is 4.79 Å². The van der Waals surface area contributed by atoms with Crippen molar-refractivity contribution in [1.29, 1.82) is 0 Å². The molecule has 25 heavy (non-hydrogen) atoms. The molecule has 0 aliphatic carbocycles. The zero-order valence-electron chi connectivity index (χ0n) is 14.4. The molecule has 0 unspecified atom stereocenters. The number of piperidine rings is 1. The Kier molecular flexibility index (Phi) is 4.18. The lowest BCUT2D eigenvalue weighted by atomic mass is 10.00. The van der Waals surface area contributed by atoms with Gasteiger partial charge in [-0.3, -0.25) is 9.78 Å². The zero-order chi connectivity index (χ0) is 17.2. The van der Waals surface area contributed by atoms with Crippen LogP contribution in [-0.4, -0.2) is 33.4 Å². The van der Waals surface area contributed by atoms with Crippen LogP contribution < -0.4 is 0 Å². The summed E-state index contributed by atoms with van der Waals surface area (Å²) in [5.74, 6) is 0.1000. The number of hydrogen-bond donors (Lipinski definition) is 0. The van der Waals surface area contributed by atoms with Crippen LogP contribution in [-0.2, 0) is 0 Å². The summed E-state index contributed by atoms with van der Waals surface area (Å²) < 4.78 is 0. The standard InChI is InChI=1S/C21H21N3O/c1-15-8-5-7-13-24(15)21(25)17-14-20(19-11-4-6-12-22-19)23-18-10-3-2-9-16(17)18/h2-4,6,9-12,14-15H,5,7-8,13H2,1H3/t15-/m1/s1. The lowest BCUT2D eigenvalue weighted by Gasteiger charge is -2.33. The number of carbonyl (C=O) groups excluding carboxylic acids is 1. The van der Waals surface area contributed by atoms with E-state index in [1.54, 1.807) is 6.20 Å². The van der Waals surface area contributed by atoms with E-state index in [4.69, 9.17) is 4.98 Å². The fourth-order valence-electron chi connectivity index (χ4n) is 3.55. The average molecular weight is 331 g/mol. The molecule has 126 valence electrons. The predicted octanol–water partition coefficient (Wildman–Crippen LogP) is 4.31. The van der Waals surface area contributed by atoms with Gasteiger partial charge in [0.05, 0.1) is 22.5 Å². The molecular weight excluding hydrogens is 310 g/mol. The molecule has 4 heteroatoms. The summed E-state index contributed by atoms with van der Waals surface area (Å²) in [4.78, 5) is 24.4. The number of hydrogen-bond acceptors (Lipinski definition) is 3. The molecule has 1 aliphatic heterocycles. The second kappa shape index (κ2) is 6.63. The number of fused-ring (bicyclic) bond motifs is 1. The summed E-state index contributed by atoms with van der Waals surface area (Å²) in [5.41, 5.74) is 3.08. The summed E-state index contributed by atoms with van der Waals surface area (Å²) >= 11 is 0. The van der Waals surface area contributed by atoms with E-state index in [9.17, 15) is 4.79 Å². The van der Waals surface area contributed by atoms with Crippen LogP contribution in [0, 0.1) is 0 Å². The Morgan fingerprint density at radius 2 is 1.92 bits per heavy atom. The Balaban J connectivity index is 1.85. The number of likely N-dealkylation sites (tertiary alicyclic amines) is 1. The van der Waals surface area contributed by atoms with Crippen molar-refractivity contribution in [3.05, 3.63) is 60.3 Å². The van der Waals surface area contributed by atoms with Gasteiger partial charge in [-0.1, -0.05) is 24.3 Å². The Hall–Kier alpha value is -2.75. The van der Waals surface area contributed by atoms with E-state index in [0.29, 0.717) is 0 Å². The van der Waals surface area contributed by atoms with Gasteiger partial charge in [0.15, 0.2) is 0 Å². The number of rotatable bonds is 2. The molecule has 1 saturated heterocycles. The molecule has 1 aliphatic rings. The average Bonchev–Trinajstić information content (AvgIpc) is 2.67. The monoisotopic (exact) mass is 331 g/mol. The molecule has 1 aromatic carbocycles. The summed E-state index contributed by atoms with van der Waals surface area (Å²) in [6, 6.07) is 15.8. The maximum atomic E-state index is 13.3. The fraction of sp³-hybridized carbons (Fsp3) is 0.286. The van der Waals surface area contributed by atoms with Crippen LogP contribution in [0.3, 0.4) is 0 Å². The van der Waals surface area contributed by atoms with E-state index in [2.05, 4.69) is 11.9 Å². The van der Waals surface area contributed by atoms with Gasteiger partial charge in [-0.2, -0.15) is 0 Å². The van der Waals surface area contributed by atoms with Crippen molar-refractivity contribution in [3.8, 4) is 11.4 Å². The molecule has 3 heterocycles. The van der Waals surface area contributed by atoms with E-state index in [-0.39, 0.29) is 11.9 Å². The highest BCUT2D eigenvalue weighted by atomic mass is 16.2. The minimum absolute atomic E-state index is 0.1000. The van der Waals surface area contributed by atoms with Crippen LogP contribution in [0.25, 0.3) is 22.3 Å². The second-order valence-electron chi connectivity index (χ2n) is 6.63. The summed E-state index contributed by atoms with van der Waals surface area (Å²) in [6.45, 7) is 2.97. The second-order valence-corrected chi connectivity index (χ2v) is 6.63. The van der Waals surface area contributed by atoms with E-state index < -0.39 is 0 Å². The largest absolute Gasteiger partial charge is 0.336 e. The number of amides is 1. The number of carbonyl (C=O) groups is 1. The highest BCUT2D eigenvalue weighted by Gasteiger charge is 2.26. The molecule has 4 nitrogen and oxygen atoms in total. The molecule has 0 spiro atoms. The minimum atomic E-state index is 0.1000. The molecule has 1 atom stereocenters. The maximum absolute atomic E-state index is 13.3. The third-order valence-electron chi connectivity index (χ3n) is 4.94. The maximum Gasteiger partial charge on any atom is 0.254 e. The van der Waals surface area contributed by atoms with Crippen LogP contribution >= 0.6 is 0 Å². The zero-order valence-corrected chi connectivity index (χ0v) is 14.4. The summed E-state index contributed by atoms with van der Waals surface area (Å²) in [6.07, 6.45) is 5.09. The number of para-hydroxylation sites is 1. The molecular formula is C21H21N3O. The van der Waals surface area contributed by atoms with Gasteiger partial charge in [0.1, 0.15) is 0 Å². The number of pyridine rings is 2. The Morgan fingerprint density at radius 3 is 2.72 bits per heavy atom. The summed E-state index contributed by atoms with van der Waals surface area (Å²) in [5, 5.41) is 0.907. The van der Waals surface area contributed by atoms with Crippen LogP contribution in [0.1, 0.15) is 36.5 Å². The topological polar surface area (TPSA) is 46.1 Å². The van der Waals surface area contributed by atoms with Crippen molar-refractivity contribution in [2.75, 3.05) is 6.54 Å². The van der Waals surface area contributed by atoms with Crippen molar-refractivity contribution in [1.82, 2.24) is 14.9 Å². The Bertz CT molecular complexity index is 907. The third kappa shape index (κ3) is 3.00. The molecule has 4 rings (SSSR count). The first-order valence-electron chi connectivity index (χ1n) is 8.86. The van der Waals surface area contributed by atoms with Gasteiger partial charge >= 0.3 is 0 Å². The predicted molar refractivity (Wildman–Crippen MR) is 99.3 cm³/mol. The van der Waals surface area contributed by atoms with E-state index >= 15 is 0 Å². The first-order chi connectivity index (χ1) is 12.2. The van der Waals surface area contributed by atoms with Crippen LogP contribution in [0.4, 0.5) is 0 Å². The van der Waals surface area contributed by atoms with Gasteiger partial charge in [-0.25, -0.2) is 4.98 Å². The third-order valence-corrected chi connectivity index (χ3v) is 4.94. The molecule has 0 saturated carbocycles. The van der Waals surface area contributed by atoms with Gasteiger partial charge in [-0.15, -0.1) is 0 Å². The summed E-state index contributed by atoms with van der Waals surface area (Å²) in [7, 11) is 0. The van der Waals surface area contributed by atoms with Crippen LogP contribution in [0.2, 0.25) is 0 Å². The lowest BCUT2D eigenvalue weighted by molar-refractivity contribution is 0.0637. The Labute approximate surface area is 147 Å². The SMILES string of the molecule is C[C@@H]1CCCCN1C(=O)c1cc(-c2ccccn2)nc2ccccc12. The van der Waals surface area contributed by atoms with Crippen molar-refractivity contribution >= 4 is 16.8 Å². The number of aromatic nitrogens is 2. The molecule has 3 aromatic rings. The highest BCUT2D eigenvalue weighted by Crippen LogP contribution is 2.27.